The first-order chi connectivity index (χ1) is 15.5. The average Bonchev–Trinajstić information content (AvgIpc) is 3.19. The second-order valence-corrected chi connectivity index (χ2v) is 9.05. The van der Waals surface area contributed by atoms with Crippen molar-refractivity contribution in [2.75, 3.05) is 18.2 Å². The predicted octanol–water partition coefficient (Wildman–Crippen LogP) is 3.73. The minimum atomic E-state index is -0.484. The first-order valence-corrected chi connectivity index (χ1v) is 12.0. The number of hydrogen-bond acceptors (Lipinski definition) is 7. The molecule has 174 valence electrons. The summed E-state index contributed by atoms with van der Waals surface area (Å²) < 4.78 is 7.46. The number of urea groups is 1. The molecule has 1 aliphatic carbocycles. The fourth-order valence-corrected chi connectivity index (χ4v) is 4.56. The van der Waals surface area contributed by atoms with Crippen LogP contribution in [-0.2, 0) is 11.3 Å². The summed E-state index contributed by atoms with van der Waals surface area (Å²) in [6, 6.07) is 7.54. The maximum atomic E-state index is 12.2. The molecule has 1 saturated carbocycles. The highest BCUT2D eigenvalue weighted by Crippen LogP contribution is 2.33. The van der Waals surface area contributed by atoms with Crippen LogP contribution in [0, 0.1) is 0 Å². The van der Waals surface area contributed by atoms with E-state index < -0.39 is 6.03 Å². The van der Waals surface area contributed by atoms with Gasteiger partial charge in [-0.25, -0.2) is 4.79 Å². The van der Waals surface area contributed by atoms with E-state index in [4.69, 9.17) is 4.74 Å². The minimum Gasteiger partial charge on any atom is -0.497 e. The van der Waals surface area contributed by atoms with Crippen molar-refractivity contribution in [2.45, 2.75) is 69.7 Å². The van der Waals surface area contributed by atoms with Crippen LogP contribution in [0.2, 0.25) is 0 Å². The van der Waals surface area contributed by atoms with Gasteiger partial charge in [0.05, 0.1) is 19.4 Å². The molecule has 2 aromatic rings. The number of imide groups is 1. The molecule has 0 radical (unpaired) electrons. The normalized spacial score (nSPS) is 14.2. The Bertz CT molecular complexity index is 911. The molecule has 1 fully saturated rings. The Morgan fingerprint density at radius 2 is 2.00 bits per heavy atom. The molecule has 32 heavy (non-hydrogen) atoms. The molecule has 3 N–H and O–H groups in total. The van der Waals surface area contributed by atoms with Crippen molar-refractivity contribution in [3.05, 3.63) is 30.1 Å². The van der Waals surface area contributed by atoms with Crippen LogP contribution in [0.25, 0.3) is 0 Å². The zero-order valence-electron chi connectivity index (χ0n) is 18.9. The number of nitrogens with zero attached hydrogens (tertiary/aromatic N) is 3. The number of nitrogens with one attached hydrogen (secondary N) is 3. The van der Waals surface area contributed by atoms with Crippen LogP contribution in [0.1, 0.15) is 57.8 Å². The first kappa shape index (κ1) is 23.9. The van der Waals surface area contributed by atoms with Crippen molar-refractivity contribution in [1.29, 1.82) is 0 Å². The van der Waals surface area contributed by atoms with Crippen molar-refractivity contribution in [1.82, 2.24) is 25.4 Å². The molecule has 1 aliphatic rings. The summed E-state index contributed by atoms with van der Waals surface area (Å²) in [5, 5.41) is 17.9. The Morgan fingerprint density at radius 3 is 2.72 bits per heavy atom. The number of rotatable bonds is 9. The van der Waals surface area contributed by atoms with Crippen molar-refractivity contribution in [2.24, 2.45) is 0 Å². The molecule has 1 heterocycles. The Morgan fingerprint density at radius 1 is 1.22 bits per heavy atom. The average molecular weight is 461 g/mol. The number of ether oxygens (including phenoxy) is 1. The minimum absolute atomic E-state index is 0.0375. The molecule has 1 aromatic carbocycles. The molecular formula is C22H32N6O3S. The Balaban J connectivity index is 1.68. The van der Waals surface area contributed by atoms with Crippen molar-refractivity contribution in [3.8, 4) is 5.75 Å². The van der Waals surface area contributed by atoms with Gasteiger partial charge in [-0.05, 0) is 38.8 Å². The van der Waals surface area contributed by atoms with E-state index in [0.29, 0.717) is 17.7 Å². The third-order valence-electron chi connectivity index (χ3n) is 5.20. The maximum Gasteiger partial charge on any atom is 0.321 e. The lowest BCUT2D eigenvalue weighted by molar-refractivity contribution is -0.117. The van der Waals surface area contributed by atoms with E-state index in [2.05, 4.69) is 30.7 Å². The predicted molar refractivity (Wildman–Crippen MR) is 125 cm³/mol. The fraction of sp³-hybridized carbons (Fsp3) is 0.545. The van der Waals surface area contributed by atoms with E-state index in [-0.39, 0.29) is 17.7 Å². The Hall–Kier alpha value is -2.75. The van der Waals surface area contributed by atoms with Crippen molar-refractivity contribution < 1.29 is 14.3 Å². The van der Waals surface area contributed by atoms with Gasteiger partial charge in [0.15, 0.2) is 11.0 Å². The van der Waals surface area contributed by atoms with Gasteiger partial charge in [0.25, 0.3) is 0 Å². The smallest absolute Gasteiger partial charge is 0.321 e. The largest absolute Gasteiger partial charge is 0.497 e. The Kier molecular flexibility index (Phi) is 8.78. The first-order valence-electron chi connectivity index (χ1n) is 11.0. The van der Waals surface area contributed by atoms with E-state index in [1.807, 2.05) is 38.1 Å². The molecule has 1 aromatic heterocycles. The molecule has 3 amide bonds. The number of anilines is 1. The number of thioether (sulfide) groups is 1. The highest BCUT2D eigenvalue weighted by Gasteiger charge is 2.23. The number of benzene rings is 1. The molecule has 0 unspecified atom stereocenters. The Labute approximate surface area is 193 Å². The molecule has 0 bridgehead atoms. The lowest BCUT2D eigenvalue weighted by Crippen LogP contribution is -2.43. The van der Waals surface area contributed by atoms with Crippen LogP contribution in [0.3, 0.4) is 0 Å². The number of amides is 3. The topological polar surface area (TPSA) is 110 Å². The van der Waals surface area contributed by atoms with Crippen molar-refractivity contribution in [3.63, 3.8) is 0 Å². The summed E-state index contributed by atoms with van der Waals surface area (Å²) in [4.78, 5) is 24.0. The van der Waals surface area contributed by atoms with Gasteiger partial charge in [0.1, 0.15) is 5.75 Å². The van der Waals surface area contributed by atoms with E-state index in [1.54, 1.807) is 7.11 Å². The third-order valence-corrected chi connectivity index (χ3v) is 6.14. The summed E-state index contributed by atoms with van der Waals surface area (Å²) in [5.74, 6) is 1.36. The van der Waals surface area contributed by atoms with E-state index in [1.165, 1.54) is 31.0 Å². The van der Waals surface area contributed by atoms with Crippen LogP contribution >= 0.6 is 11.8 Å². The number of aromatic nitrogens is 3. The third kappa shape index (κ3) is 6.88. The van der Waals surface area contributed by atoms with Gasteiger partial charge in [-0.2, -0.15) is 0 Å². The summed E-state index contributed by atoms with van der Waals surface area (Å²) in [5.41, 5.74) is 0.937. The second-order valence-electron chi connectivity index (χ2n) is 8.11. The lowest BCUT2D eigenvalue weighted by Gasteiger charge is -2.25. The summed E-state index contributed by atoms with van der Waals surface area (Å²) in [6.07, 6.45) is 5.73. The summed E-state index contributed by atoms with van der Waals surface area (Å²) in [7, 11) is 1.64. The van der Waals surface area contributed by atoms with Gasteiger partial charge in [0, 0.05) is 23.8 Å². The maximum absolute atomic E-state index is 12.2. The monoisotopic (exact) mass is 460 g/mol. The number of methoxy groups -OCH3 is 1. The second kappa shape index (κ2) is 11.8. The molecule has 9 nitrogen and oxygen atoms in total. The molecule has 0 aliphatic heterocycles. The summed E-state index contributed by atoms with van der Waals surface area (Å²) in [6.45, 7) is 4.19. The number of carbonyl (C=O) groups is 2. The van der Waals surface area contributed by atoms with Gasteiger partial charge in [-0.3, -0.25) is 10.1 Å². The summed E-state index contributed by atoms with van der Waals surface area (Å²) >= 11 is 1.31. The molecular weight excluding hydrogens is 428 g/mol. The zero-order chi connectivity index (χ0) is 22.9. The number of hydrogen-bond donors (Lipinski definition) is 3. The zero-order valence-corrected chi connectivity index (χ0v) is 19.7. The van der Waals surface area contributed by atoms with Gasteiger partial charge < -0.3 is 19.9 Å². The van der Waals surface area contributed by atoms with Gasteiger partial charge in [-0.1, -0.05) is 37.1 Å². The molecule has 3 rings (SSSR count). The van der Waals surface area contributed by atoms with Crippen LogP contribution in [0.5, 0.6) is 5.75 Å². The quantitative estimate of drug-likeness (QED) is 0.489. The van der Waals surface area contributed by atoms with Gasteiger partial charge >= 0.3 is 6.03 Å². The highest BCUT2D eigenvalue weighted by molar-refractivity contribution is 7.99. The van der Waals surface area contributed by atoms with Gasteiger partial charge in [0.2, 0.25) is 5.91 Å². The van der Waals surface area contributed by atoms with Crippen LogP contribution in [0.4, 0.5) is 10.5 Å². The van der Waals surface area contributed by atoms with Crippen LogP contribution in [0.15, 0.2) is 29.4 Å². The fourth-order valence-electron chi connectivity index (χ4n) is 3.74. The molecule has 0 spiro atoms. The molecule has 0 atom stereocenters. The van der Waals surface area contributed by atoms with Crippen LogP contribution < -0.4 is 20.7 Å². The molecule has 10 heteroatoms. The van der Waals surface area contributed by atoms with E-state index in [0.717, 1.165) is 30.1 Å². The molecule has 0 saturated heterocycles. The standard InChI is InChI=1S/C22H32N6O3S/c1-15(2)24-21(30)25-20(29)14-32-22-27-26-19(28(22)17-9-5-4-6-10-17)13-23-16-8-7-11-18(12-16)31-3/h7-8,11-12,15,17,23H,4-6,9-10,13-14H2,1-3H3,(H2,24,25,29,30). The SMILES string of the molecule is COc1cccc(NCc2nnc(SCC(=O)NC(=O)NC(C)C)n2C2CCCCC2)c1. The van der Waals surface area contributed by atoms with E-state index in [9.17, 15) is 9.59 Å². The van der Waals surface area contributed by atoms with E-state index >= 15 is 0 Å². The van der Waals surface area contributed by atoms with Crippen LogP contribution in [-0.4, -0.2) is 45.6 Å². The highest BCUT2D eigenvalue weighted by atomic mass is 32.2. The van der Waals surface area contributed by atoms with Gasteiger partial charge in [-0.15, -0.1) is 10.2 Å². The van der Waals surface area contributed by atoms with Crippen molar-refractivity contribution >= 4 is 29.4 Å². The lowest BCUT2D eigenvalue weighted by atomic mass is 9.95. The number of carbonyl (C=O) groups excluding carboxylic acids is 2.